The lowest BCUT2D eigenvalue weighted by Gasteiger charge is -2.06. The maximum atomic E-state index is 13.3. The van der Waals surface area contributed by atoms with Crippen LogP contribution in [0.15, 0.2) is 143 Å². The monoisotopic (exact) mass is 496 g/mol. The van der Waals surface area contributed by atoms with E-state index in [9.17, 15) is 9.59 Å². The predicted octanol–water partition coefficient (Wildman–Crippen LogP) is 6.79. The van der Waals surface area contributed by atoms with E-state index < -0.39 is 5.97 Å². The van der Waals surface area contributed by atoms with Crippen LogP contribution in [0.4, 0.5) is 0 Å². The Kier molecular flexibility index (Phi) is 7.27. The minimum Gasteiger partial charge on any atom is -0.422 e. The summed E-state index contributed by atoms with van der Waals surface area (Å²) in [6, 6.07) is 37.3. The molecule has 4 aromatic rings. The fourth-order valence-electron chi connectivity index (χ4n) is 4.19. The predicted molar refractivity (Wildman–Crippen MR) is 151 cm³/mol. The van der Waals surface area contributed by atoms with E-state index in [4.69, 9.17) is 4.74 Å². The fraction of sp³-hybridized carbons (Fsp3) is 0.0303. The molecule has 0 fully saturated rings. The lowest BCUT2D eigenvalue weighted by Crippen LogP contribution is -2.15. The molecule has 0 N–H and O–H groups in total. The molecule has 38 heavy (non-hydrogen) atoms. The largest absolute Gasteiger partial charge is 0.422 e. The molecule has 1 heterocycles. The molecule has 0 atom stereocenters. The third-order valence-corrected chi connectivity index (χ3v) is 5.97. The van der Waals surface area contributed by atoms with Crippen LogP contribution in [0.25, 0.3) is 11.1 Å². The maximum Gasteiger partial charge on any atom is 0.344 e. The van der Waals surface area contributed by atoms with Gasteiger partial charge in [-0.05, 0) is 18.1 Å². The molecule has 184 valence electrons. The van der Waals surface area contributed by atoms with Crippen LogP contribution < -0.4 is 0 Å². The molecule has 1 aliphatic rings. The van der Waals surface area contributed by atoms with Gasteiger partial charge in [0.1, 0.15) is 11.5 Å². The summed E-state index contributed by atoms with van der Waals surface area (Å²) in [7, 11) is 0. The van der Waals surface area contributed by atoms with Crippen LogP contribution >= 0.6 is 0 Å². The maximum absolute atomic E-state index is 13.3. The van der Waals surface area contributed by atoms with E-state index >= 15 is 0 Å². The molecule has 1 aliphatic heterocycles. The van der Waals surface area contributed by atoms with E-state index in [-0.39, 0.29) is 11.5 Å². The van der Waals surface area contributed by atoms with Crippen molar-refractivity contribution in [1.82, 2.24) is 0 Å². The summed E-state index contributed by atoms with van der Waals surface area (Å²) >= 11 is 0. The lowest BCUT2D eigenvalue weighted by atomic mass is 9.95. The number of Topliss-reactive ketones (excluding diaryl/α,β-unsaturated/α-hetero) is 1. The highest BCUT2D eigenvalue weighted by Gasteiger charge is 2.32. The van der Waals surface area contributed by atoms with Crippen LogP contribution in [0.3, 0.4) is 0 Å². The number of benzene rings is 4. The Morgan fingerprint density at radius 1 is 0.632 bits per heavy atom. The fourth-order valence-corrected chi connectivity index (χ4v) is 4.19. The normalized spacial score (nSPS) is 15.1. The van der Waals surface area contributed by atoms with Gasteiger partial charge in [-0.2, -0.15) is 5.10 Å². The molecule has 0 saturated carbocycles. The molecule has 5 nitrogen and oxygen atoms in total. The number of hydrogen-bond acceptors (Lipinski definition) is 5. The topological polar surface area (TPSA) is 68.1 Å². The van der Waals surface area contributed by atoms with E-state index in [0.29, 0.717) is 33.7 Å². The Morgan fingerprint density at radius 3 is 1.66 bits per heavy atom. The first-order chi connectivity index (χ1) is 18.6. The zero-order valence-electron chi connectivity index (χ0n) is 20.7. The number of esters is 1. The standard InChI is InChI=1S/C33H24N2O3/c1-23(34-35-31(26-18-10-4-11-19-26)32(36)27-20-12-5-13-21-27)22-28-29(24-14-6-2-7-15-24)30(33(37)38-28)25-16-8-3-9-17-25/h2-22H,1H3/b28-22-,34-23+,35-31+. The molecule has 0 aromatic heterocycles. The Hall–Kier alpha value is -5.16. The minimum atomic E-state index is -0.429. The number of carbonyl (C=O) groups excluding carboxylic acids is 2. The molecule has 5 rings (SSSR count). The summed E-state index contributed by atoms with van der Waals surface area (Å²) in [5.41, 5.74) is 4.68. The minimum absolute atomic E-state index is 0.224. The Balaban J connectivity index is 1.58. The summed E-state index contributed by atoms with van der Waals surface area (Å²) in [4.78, 5) is 26.3. The van der Waals surface area contributed by atoms with Crippen molar-refractivity contribution < 1.29 is 14.3 Å². The Morgan fingerprint density at radius 2 is 1.11 bits per heavy atom. The van der Waals surface area contributed by atoms with Gasteiger partial charge in [0, 0.05) is 22.8 Å². The van der Waals surface area contributed by atoms with E-state index in [1.807, 2.05) is 109 Å². The number of ketones is 1. The molecule has 5 heteroatoms. The summed E-state index contributed by atoms with van der Waals surface area (Å²) < 4.78 is 5.73. The highest BCUT2D eigenvalue weighted by molar-refractivity contribution is 6.51. The second kappa shape index (κ2) is 11.3. The van der Waals surface area contributed by atoms with Crippen molar-refractivity contribution in [3.63, 3.8) is 0 Å². The number of carbonyl (C=O) groups is 2. The quantitative estimate of drug-likeness (QED) is 0.122. The van der Waals surface area contributed by atoms with Gasteiger partial charge in [-0.1, -0.05) is 121 Å². The zero-order chi connectivity index (χ0) is 26.3. The number of rotatable bonds is 7. The van der Waals surface area contributed by atoms with E-state index in [1.165, 1.54) is 0 Å². The second-order valence-electron chi connectivity index (χ2n) is 8.63. The van der Waals surface area contributed by atoms with Crippen LogP contribution in [0.5, 0.6) is 0 Å². The van der Waals surface area contributed by atoms with E-state index in [2.05, 4.69) is 10.2 Å². The first-order valence-corrected chi connectivity index (χ1v) is 12.2. The van der Waals surface area contributed by atoms with Crippen molar-refractivity contribution in [2.24, 2.45) is 10.2 Å². The number of cyclic esters (lactones) is 1. The molecule has 0 aliphatic carbocycles. The van der Waals surface area contributed by atoms with Crippen LogP contribution in [-0.2, 0) is 9.53 Å². The summed E-state index contributed by atoms with van der Waals surface area (Å²) in [6.07, 6.45) is 1.68. The third-order valence-electron chi connectivity index (χ3n) is 5.97. The van der Waals surface area contributed by atoms with Gasteiger partial charge in [-0.15, -0.1) is 5.10 Å². The van der Waals surface area contributed by atoms with Crippen molar-refractivity contribution in [2.45, 2.75) is 6.92 Å². The molecule has 0 bridgehead atoms. The summed E-state index contributed by atoms with van der Waals surface area (Å²) in [5.74, 6) is -0.279. The average molecular weight is 497 g/mol. The number of ether oxygens (including phenoxy) is 1. The smallest absolute Gasteiger partial charge is 0.344 e. The number of hydrogen-bond donors (Lipinski definition) is 0. The van der Waals surface area contributed by atoms with Crippen molar-refractivity contribution in [1.29, 1.82) is 0 Å². The van der Waals surface area contributed by atoms with Gasteiger partial charge in [0.25, 0.3) is 0 Å². The molecule has 0 radical (unpaired) electrons. The van der Waals surface area contributed by atoms with Crippen LogP contribution in [0, 0.1) is 0 Å². The van der Waals surface area contributed by atoms with E-state index in [1.54, 1.807) is 25.1 Å². The van der Waals surface area contributed by atoms with Gasteiger partial charge in [0.2, 0.25) is 5.78 Å². The molecule has 0 unspecified atom stereocenters. The van der Waals surface area contributed by atoms with Crippen LogP contribution in [0.2, 0.25) is 0 Å². The van der Waals surface area contributed by atoms with Gasteiger partial charge in [-0.3, -0.25) is 4.79 Å². The Labute approximate surface area is 221 Å². The number of allylic oxidation sites excluding steroid dienone is 2. The highest BCUT2D eigenvalue weighted by Crippen LogP contribution is 2.39. The molecular weight excluding hydrogens is 472 g/mol. The molecule has 0 amide bonds. The zero-order valence-corrected chi connectivity index (χ0v) is 20.7. The van der Waals surface area contributed by atoms with Crippen molar-refractivity contribution in [3.05, 3.63) is 155 Å². The average Bonchev–Trinajstić information content (AvgIpc) is 3.30. The Bertz CT molecular complexity index is 1590. The highest BCUT2D eigenvalue weighted by atomic mass is 16.5. The molecular formula is C33H24N2O3. The molecule has 0 saturated heterocycles. The third kappa shape index (κ3) is 5.32. The molecule has 4 aromatic carbocycles. The summed E-state index contributed by atoms with van der Waals surface area (Å²) in [5, 5.41) is 8.72. The van der Waals surface area contributed by atoms with Gasteiger partial charge in [0.15, 0.2) is 0 Å². The second-order valence-corrected chi connectivity index (χ2v) is 8.63. The van der Waals surface area contributed by atoms with Crippen molar-refractivity contribution in [3.8, 4) is 0 Å². The number of nitrogens with zero attached hydrogens (tertiary/aromatic N) is 2. The van der Waals surface area contributed by atoms with Crippen molar-refractivity contribution >= 4 is 34.3 Å². The van der Waals surface area contributed by atoms with Crippen LogP contribution in [-0.4, -0.2) is 23.2 Å². The van der Waals surface area contributed by atoms with Crippen molar-refractivity contribution in [2.75, 3.05) is 0 Å². The SMILES string of the molecule is CC(/C=C1\OC(=O)C(c2ccccc2)=C1c1ccccc1)=N\N=C(\C(=O)c1ccccc1)c1ccccc1. The van der Waals surface area contributed by atoms with Gasteiger partial charge >= 0.3 is 5.97 Å². The van der Waals surface area contributed by atoms with Gasteiger partial charge < -0.3 is 4.74 Å². The lowest BCUT2D eigenvalue weighted by molar-refractivity contribution is -0.131. The molecule has 0 spiro atoms. The van der Waals surface area contributed by atoms with E-state index in [0.717, 1.165) is 11.1 Å². The summed E-state index contributed by atoms with van der Waals surface area (Å²) in [6.45, 7) is 1.75. The van der Waals surface area contributed by atoms with Crippen LogP contribution in [0.1, 0.15) is 34.0 Å². The first kappa shape index (κ1) is 24.5. The first-order valence-electron chi connectivity index (χ1n) is 12.2. The van der Waals surface area contributed by atoms with Gasteiger partial charge in [-0.25, -0.2) is 4.79 Å². The van der Waals surface area contributed by atoms with Gasteiger partial charge in [0.05, 0.1) is 11.3 Å².